The van der Waals surface area contributed by atoms with Crippen molar-refractivity contribution in [2.45, 2.75) is 132 Å². The van der Waals surface area contributed by atoms with Crippen LogP contribution < -0.4 is 0 Å². The van der Waals surface area contributed by atoms with Crippen LogP contribution in [0.15, 0.2) is 0 Å². The highest BCUT2D eigenvalue weighted by Gasteiger charge is 2.56. The first-order chi connectivity index (χ1) is 13.9. The molecule has 4 fully saturated rings. The van der Waals surface area contributed by atoms with Crippen LogP contribution in [-0.2, 0) is 0 Å². The molecule has 0 aliphatic heterocycles. The van der Waals surface area contributed by atoms with E-state index in [9.17, 15) is 0 Å². The fourth-order valence-electron chi connectivity index (χ4n) is 10.8. The van der Waals surface area contributed by atoms with Gasteiger partial charge in [0.1, 0.15) is 0 Å². The maximum atomic E-state index is 2.73. The topological polar surface area (TPSA) is 0 Å². The Bertz CT molecular complexity index is 560. The second kappa shape index (κ2) is 7.80. The Hall–Kier alpha value is 0. The van der Waals surface area contributed by atoms with Crippen LogP contribution in [0.25, 0.3) is 0 Å². The van der Waals surface area contributed by atoms with E-state index < -0.39 is 0 Å². The van der Waals surface area contributed by atoms with Crippen LogP contribution in [0.2, 0.25) is 0 Å². The highest BCUT2D eigenvalue weighted by molar-refractivity contribution is 5.05. The Kier molecular flexibility index (Phi) is 6.02. The standard InChI is InChI=1S/C30H54/c1-21-11-15-25-27(3,4)17-9-19-29(25,7)23(21)13-14-24-22(2)12-16-26-28(5,6)18-10-20-30(24,26)8/h21-26H,9-20H2,1-8H3/t21-,22-,23-,24-,25-,26-,29+,30+/m0/s1. The molecule has 0 saturated heterocycles. The van der Waals surface area contributed by atoms with Gasteiger partial charge in [0, 0.05) is 0 Å². The van der Waals surface area contributed by atoms with Gasteiger partial charge in [-0.05, 0) is 109 Å². The normalized spacial score (nSPS) is 50.4. The summed E-state index contributed by atoms with van der Waals surface area (Å²) in [5, 5.41) is 0. The molecule has 174 valence electrons. The molecule has 8 atom stereocenters. The first-order valence-electron chi connectivity index (χ1n) is 13.9. The van der Waals surface area contributed by atoms with Gasteiger partial charge in [-0.15, -0.1) is 0 Å². The second-order valence-corrected chi connectivity index (χ2v) is 14.7. The molecule has 4 rings (SSSR count). The van der Waals surface area contributed by atoms with Gasteiger partial charge in [-0.3, -0.25) is 0 Å². The van der Waals surface area contributed by atoms with Crippen molar-refractivity contribution in [1.82, 2.24) is 0 Å². The molecule has 4 aliphatic rings. The molecule has 0 N–H and O–H groups in total. The molecule has 0 nitrogen and oxygen atoms in total. The maximum Gasteiger partial charge on any atom is -0.0262 e. The largest absolute Gasteiger partial charge is 0.0622 e. The van der Waals surface area contributed by atoms with E-state index >= 15 is 0 Å². The smallest absolute Gasteiger partial charge is 0.0262 e. The van der Waals surface area contributed by atoms with Crippen LogP contribution in [0.3, 0.4) is 0 Å². The molecule has 0 amide bonds. The van der Waals surface area contributed by atoms with Gasteiger partial charge in [-0.2, -0.15) is 0 Å². The number of rotatable bonds is 3. The van der Waals surface area contributed by atoms with Gasteiger partial charge >= 0.3 is 0 Å². The van der Waals surface area contributed by atoms with Crippen LogP contribution in [0.4, 0.5) is 0 Å². The lowest BCUT2D eigenvalue weighted by atomic mass is 9.44. The molecule has 0 radical (unpaired) electrons. The summed E-state index contributed by atoms with van der Waals surface area (Å²) < 4.78 is 0. The van der Waals surface area contributed by atoms with Crippen molar-refractivity contribution in [3.8, 4) is 0 Å². The van der Waals surface area contributed by atoms with Gasteiger partial charge in [0.2, 0.25) is 0 Å². The Labute approximate surface area is 189 Å². The Morgan fingerprint density at radius 3 is 1.27 bits per heavy atom. The van der Waals surface area contributed by atoms with Crippen LogP contribution in [0.1, 0.15) is 132 Å². The van der Waals surface area contributed by atoms with Crippen LogP contribution in [0.5, 0.6) is 0 Å². The molecule has 0 aromatic rings. The lowest BCUT2D eigenvalue weighted by Gasteiger charge is -2.61. The second-order valence-electron chi connectivity index (χ2n) is 14.7. The molecular formula is C30H54. The van der Waals surface area contributed by atoms with E-state index in [4.69, 9.17) is 0 Å². The summed E-state index contributed by atoms with van der Waals surface area (Å²) in [4.78, 5) is 0. The molecule has 0 aromatic carbocycles. The van der Waals surface area contributed by atoms with Gasteiger partial charge in [0.05, 0.1) is 0 Å². The third-order valence-corrected chi connectivity index (χ3v) is 12.2. The minimum absolute atomic E-state index is 0.563. The van der Waals surface area contributed by atoms with E-state index in [1.54, 1.807) is 0 Å². The molecular weight excluding hydrogens is 360 g/mol. The van der Waals surface area contributed by atoms with Gasteiger partial charge < -0.3 is 0 Å². The summed E-state index contributed by atoms with van der Waals surface area (Å²) in [5.41, 5.74) is 2.33. The predicted octanol–water partition coefficient (Wildman–Crippen LogP) is 9.52. The summed E-state index contributed by atoms with van der Waals surface area (Å²) in [7, 11) is 0. The van der Waals surface area contributed by atoms with E-state index in [0.717, 1.165) is 35.5 Å². The third kappa shape index (κ3) is 3.63. The van der Waals surface area contributed by atoms with Crippen LogP contribution in [0, 0.1) is 57.2 Å². The molecule has 0 aromatic heterocycles. The van der Waals surface area contributed by atoms with E-state index in [1.807, 2.05) is 0 Å². The molecule has 0 unspecified atom stereocenters. The molecule has 4 saturated carbocycles. The maximum absolute atomic E-state index is 2.73. The van der Waals surface area contributed by atoms with Crippen LogP contribution in [-0.4, -0.2) is 0 Å². The Morgan fingerprint density at radius 2 is 0.900 bits per heavy atom. The fourth-order valence-corrected chi connectivity index (χ4v) is 10.8. The average molecular weight is 415 g/mol. The van der Waals surface area contributed by atoms with E-state index in [0.29, 0.717) is 21.7 Å². The van der Waals surface area contributed by atoms with Gasteiger partial charge in [0.25, 0.3) is 0 Å². The van der Waals surface area contributed by atoms with Crippen molar-refractivity contribution in [2.24, 2.45) is 57.2 Å². The summed E-state index contributed by atoms with van der Waals surface area (Å²) >= 11 is 0. The quantitative estimate of drug-likeness (QED) is 0.431. The summed E-state index contributed by atoms with van der Waals surface area (Å²) in [5.74, 6) is 5.71. The van der Waals surface area contributed by atoms with Crippen molar-refractivity contribution < 1.29 is 0 Å². The van der Waals surface area contributed by atoms with E-state index in [2.05, 4.69) is 55.4 Å². The molecule has 0 heterocycles. The average Bonchev–Trinajstić information content (AvgIpc) is 2.61. The molecule has 30 heavy (non-hydrogen) atoms. The predicted molar refractivity (Wildman–Crippen MR) is 131 cm³/mol. The minimum atomic E-state index is 0.563. The Balaban J connectivity index is 1.55. The highest BCUT2D eigenvalue weighted by Crippen LogP contribution is 2.65. The fraction of sp³-hybridized carbons (Fsp3) is 1.00. The molecule has 0 bridgehead atoms. The van der Waals surface area contributed by atoms with E-state index in [1.165, 1.54) is 77.0 Å². The zero-order valence-corrected chi connectivity index (χ0v) is 21.9. The Morgan fingerprint density at radius 1 is 0.533 bits per heavy atom. The van der Waals surface area contributed by atoms with E-state index in [-0.39, 0.29) is 0 Å². The third-order valence-electron chi connectivity index (χ3n) is 12.2. The highest BCUT2D eigenvalue weighted by atomic mass is 14.6. The number of fused-ring (bicyclic) bond motifs is 2. The number of hydrogen-bond donors (Lipinski definition) is 0. The monoisotopic (exact) mass is 414 g/mol. The molecule has 4 aliphatic carbocycles. The first-order valence-corrected chi connectivity index (χ1v) is 13.9. The summed E-state index contributed by atoms with van der Waals surface area (Å²) in [6.45, 7) is 21.1. The van der Waals surface area contributed by atoms with Crippen LogP contribution >= 0.6 is 0 Å². The van der Waals surface area contributed by atoms with Gasteiger partial charge in [0.15, 0.2) is 0 Å². The van der Waals surface area contributed by atoms with Crippen molar-refractivity contribution in [3.63, 3.8) is 0 Å². The zero-order chi connectivity index (χ0) is 21.9. The minimum Gasteiger partial charge on any atom is -0.0622 e. The van der Waals surface area contributed by atoms with Crippen molar-refractivity contribution in [1.29, 1.82) is 0 Å². The summed E-state index contributed by atoms with van der Waals surface area (Å²) in [6, 6.07) is 0. The molecule has 0 heteroatoms. The number of hydrogen-bond acceptors (Lipinski definition) is 0. The first kappa shape index (κ1) is 23.2. The SMILES string of the molecule is C[C@H]1CC[C@H]2C(C)(C)CCC[C@]2(C)[C@H]1CC[C@H]1[C@@H](C)CC[C@H]2C(C)(C)CCC[C@]12C. The van der Waals surface area contributed by atoms with Crippen molar-refractivity contribution >= 4 is 0 Å². The van der Waals surface area contributed by atoms with Crippen molar-refractivity contribution in [2.75, 3.05) is 0 Å². The van der Waals surface area contributed by atoms with Gasteiger partial charge in [-0.25, -0.2) is 0 Å². The zero-order valence-electron chi connectivity index (χ0n) is 21.9. The molecule has 0 spiro atoms. The summed E-state index contributed by atoms with van der Waals surface area (Å²) in [6.07, 6.45) is 17.9. The lowest BCUT2D eigenvalue weighted by molar-refractivity contribution is -0.116. The van der Waals surface area contributed by atoms with Crippen molar-refractivity contribution in [3.05, 3.63) is 0 Å². The lowest BCUT2D eigenvalue weighted by Crippen LogP contribution is -2.53. The van der Waals surface area contributed by atoms with Gasteiger partial charge in [-0.1, -0.05) is 81.1 Å².